The van der Waals surface area contributed by atoms with E-state index in [0.717, 1.165) is 19.0 Å². The van der Waals surface area contributed by atoms with Gasteiger partial charge in [-0.1, -0.05) is 0 Å². The van der Waals surface area contributed by atoms with Gasteiger partial charge in [0.05, 0.1) is 6.54 Å². The first-order chi connectivity index (χ1) is 8.86. The standard InChI is InChI=1S/C14H26N4S.HI/c1-11-7-8-19-12(11)9-16-13(15-4)17-10-14(2,3)18(5)6;/h7-8H,9-10H2,1-6H3,(H2,15,16,17);1H. The van der Waals surface area contributed by atoms with E-state index in [2.05, 4.69) is 66.8 Å². The zero-order valence-electron chi connectivity index (χ0n) is 13.3. The number of hydrogen-bond donors (Lipinski definition) is 2. The third-order valence-corrected chi connectivity index (χ3v) is 4.53. The molecule has 0 aliphatic carbocycles. The number of aliphatic imine (C=N–C) groups is 1. The monoisotopic (exact) mass is 410 g/mol. The van der Waals surface area contributed by atoms with Crippen molar-refractivity contribution in [1.29, 1.82) is 0 Å². The molecule has 0 radical (unpaired) electrons. The second-order valence-electron chi connectivity index (χ2n) is 5.51. The van der Waals surface area contributed by atoms with Crippen LogP contribution in [0.3, 0.4) is 0 Å². The van der Waals surface area contributed by atoms with Gasteiger partial charge in [-0.3, -0.25) is 4.99 Å². The number of rotatable bonds is 5. The van der Waals surface area contributed by atoms with Gasteiger partial charge in [-0.15, -0.1) is 35.3 Å². The summed E-state index contributed by atoms with van der Waals surface area (Å²) in [4.78, 5) is 7.82. The Morgan fingerprint density at radius 3 is 2.45 bits per heavy atom. The molecule has 0 saturated heterocycles. The van der Waals surface area contributed by atoms with E-state index < -0.39 is 0 Å². The highest BCUT2D eigenvalue weighted by Gasteiger charge is 2.20. The molecule has 1 aromatic rings. The summed E-state index contributed by atoms with van der Waals surface area (Å²) in [5, 5.41) is 8.85. The van der Waals surface area contributed by atoms with Crippen molar-refractivity contribution < 1.29 is 0 Å². The van der Waals surface area contributed by atoms with Crippen molar-refractivity contribution in [2.24, 2.45) is 4.99 Å². The molecule has 0 spiro atoms. The Balaban J connectivity index is 0.00000361. The molecule has 2 N–H and O–H groups in total. The van der Waals surface area contributed by atoms with Crippen molar-refractivity contribution in [1.82, 2.24) is 15.5 Å². The Labute approximate surface area is 144 Å². The van der Waals surface area contributed by atoms with E-state index in [1.165, 1.54) is 10.4 Å². The first-order valence-corrected chi connectivity index (χ1v) is 7.39. The molecule has 116 valence electrons. The molecule has 1 heterocycles. The molecule has 0 atom stereocenters. The number of hydrogen-bond acceptors (Lipinski definition) is 3. The predicted octanol–water partition coefficient (Wildman–Crippen LogP) is 2.68. The smallest absolute Gasteiger partial charge is 0.191 e. The molecule has 0 amide bonds. The first-order valence-electron chi connectivity index (χ1n) is 6.51. The summed E-state index contributed by atoms with van der Waals surface area (Å²) < 4.78 is 0. The predicted molar refractivity (Wildman–Crippen MR) is 100 cm³/mol. The minimum absolute atomic E-state index is 0. The summed E-state index contributed by atoms with van der Waals surface area (Å²) in [6.45, 7) is 8.22. The average Bonchev–Trinajstić information content (AvgIpc) is 2.75. The number of likely N-dealkylation sites (N-methyl/N-ethyl adjacent to an activating group) is 1. The van der Waals surface area contributed by atoms with E-state index in [4.69, 9.17) is 0 Å². The molecule has 0 saturated carbocycles. The fraction of sp³-hybridized carbons (Fsp3) is 0.643. The van der Waals surface area contributed by atoms with Gasteiger partial charge in [0, 0.05) is 24.0 Å². The SMILES string of the molecule is CN=C(NCc1sccc1C)NCC(C)(C)N(C)C.I. The van der Waals surface area contributed by atoms with Gasteiger partial charge in [0.15, 0.2) is 5.96 Å². The summed E-state index contributed by atoms with van der Waals surface area (Å²) >= 11 is 1.78. The Bertz CT molecular complexity index is 427. The third-order valence-electron chi connectivity index (χ3n) is 3.51. The lowest BCUT2D eigenvalue weighted by molar-refractivity contribution is 0.197. The van der Waals surface area contributed by atoms with Crippen LogP contribution in [0.2, 0.25) is 0 Å². The molecule has 0 fully saturated rings. The van der Waals surface area contributed by atoms with E-state index in [-0.39, 0.29) is 29.5 Å². The van der Waals surface area contributed by atoms with Crippen LogP contribution in [0.1, 0.15) is 24.3 Å². The second kappa shape index (κ2) is 8.84. The molecular formula is C14H27IN4S. The molecule has 4 nitrogen and oxygen atoms in total. The maximum absolute atomic E-state index is 4.26. The van der Waals surface area contributed by atoms with Gasteiger partial charge in [-0.25, -0.2) is 0 Å². The molecule has 1 aromatic heterocycles. The van der Waals surface area contributed by atoms with Crippen molar-refractivity contribution in [3.05, 3.63) is 21.9 Å². The molecule has 6 heteroatoms. The lowest BCUT2D eigenvalue weighted by Crippen LogP contribution is -2.50. The van der Waals surface area contributed by atoms with Crippen LogP contribution in [-0.4, -0.2) is 44.1 Å². The minimum atomic E-state index is 0. The van der Waals surface area contributed by atoms with Crippen LogP contribution in [0.25, 0.3) is 0 Å². The molecule has 0 unspecified atom stereocenters. The Morgan fingerprint density at radius 1 is 1.35 bits per heavy atom. The largest absolute Gasteiger partial charge is 0.355 e. The quantitative estimate of drug-likeness (QED) is 0.446. The molecule has 0 aliphatic rings. The topological polar surface area (TPSA) is 39.7 Å². The maximum atomic E-state index is 4.26. The summed E-state index contributed by atoms with van der Waals surface area (Å²) in [6.07, 6.45) is 0. The van der Waals surface area contributed by atoms with Crippen molar-refractivity contribution >= 4 is 41.3 Å². The minimum Gasteiger partial charge on any atom is -0.355 e. The van der Waals surface area contributed by atoms with Crippen LogP contribution in [-0.2, 0) is 6.54 Å². The van der Waals surface area contributed by atoms with Crippen molar-refractivity contribution in [3.8, 4) is 0 Å². The summed E-state index contributed by atoms with van der Waals surface area (Å²) in [6, 6.07) is 2.15. The normalized spacial score (nSPS) is 12.2. The lowest BCUT2D eigenvalue weighted by Gasteiger charge is -2.33. The van der Waals surface area contributed by atoms with Gasteiger partial charge < -0.3 is 15.5 Å². The number of nitrogens with zero attached hydrogens (tertiary/aromatic N) is 2. The zero-order chi connectivity index (χ0) is 14.5. The van der Waals surface area contributed by atoms with Crippen molar-refractivity contribution in [3.63, 3.8) is 0 Å². The van der Waals surface area contributed by atoms with Crippen LogP contribution >= 0.6 is 35.3 Å². The van der Waals surface area contributed by atoms with Crippen LogP contribution in [0, 0.1) is 6.92 Å². The van der Waals surface area contributed by atoms with Crippen LogP contribution in [0.4, 0.5) is 0 Å². The fourth-order valence-corrected chi connectivity index (χ4v) is 2.27. The fourth-order valence-electron chi connectivity index (χ4n) is 1.43. The second-order valence-corrected chi connectivity index (χ2v) is 6.51. The number of aryl methyl sites for hydroxylation is 1. The number of thiophene rings is 1. The van der Waals surface area contributed by atoms with Crippen LogP contribution < -0.4 is 10.6 Å². The Hall–Kier alpha value is -0.340. The van der Waals surface area contributed by atoms with Gasteiger partial charge in [0.2, 0.25) is 0 Å². The number of nitrogens with one attached hydrogen (secondary N) is 2. The average molecular weight is 410 g/mol. The third kappa shape index (κ3) is 5.97. The summed E-state index contributed by atoms with van der Waals surface area (Å²) in [7, 11) is 5.99. The maximum Gasteiger partial charge on any atom is 0.191 e. The highest BCUT2D eigenvalue weighted by atomic mass is 127. The van der Waals surface area contributed by atoms with Crippen molar-refractivity contribution in [2.45, 2.75) is 32.9 Å². The molecule has 0 bridgehead atoms. The molecule has 20 heavy (non-hydrogen) atoms. The molecule has 1 rings (SSSR count). The molecule has 0 aromatic carbocycles. The van der Waals surface area contributed by atoms with Gasteiger partial charge in [0.1, 0.15) is 0 Å². The molecule has 0 aliphatic heterocycles. The summed E-state index contributed by atoms with van der Waals surface area (Å²) in [5.74, 6) is 0.850. The number of guanidine groups is 1. The molecular weight excluding hydrogens is 383 g/mol. The number of halogens is 1. The van der Waals surface area contributed by atoms with Crippen molar-refractivity contribution in [2.75, 3.05) is 27.7 Å². The van der Waals surface area contributed by atoms with Gasteiger partial charge in [-0.05, 0) is 51.9 Å². The Kier molecular flexibility index (Phi) is 8.69. The lowest BCUT2D eigenvalue weighted by atomic mass is 10.0. The van der Waals surface area contributed by atoms with E-state index in [1.807, 2.05) is 0 Å². The van der Waals surface area contributed by atoms with E-state index in [1.54, 1.807) is 18.4 Å². The summed E-state index contributed by atoms with van der Waals surface area (Å²) in [5.41, 5.74) is 1.43. The first kappa shape index (κ1) is 19.7. The highest BCUT2D eigenvalue weighted by Crippen LogP contribution is 2.14. The van der Waals surface area contributed by atoms with Gasteiger partial charge >= 0.3 is 0 Å². The van der Waals surface area contributed by atoms with E-state index in [0.29, 0.717) is 0 Å². The van der Waals surface area contributed by atoms with E-state index in [9.17, 15) is 0 Å². The van der Waals surface area contributed by atoms with Crippen LogP contribution in [0.15, 0.2) is 16.4 Å². The highest BCUT2D eigenvalue weighted by molar-refractivity contribution is 14.0. The van der Waals surface area contributed by atoms with Crippen LogP contribution in [0.5, 0.6) is 0 Å². The Morgan fingerprint density at radius 2 is 2.00 bits per heavy atom. The van der Waals surface area contributed by atoms with E-state index >= 15 is 0 Å². The zero-order valence-corrected chi connectivity index (χ0v) is 16.4. The van der Waals surface area contributed by atoms with Gasteiger partial charge in [0.25, 0.3) is 0 Å². The van der Waals surface area contributed by atoms with Gasteiger partial charge in [-0.2, -0.15) is 0 Å².